The molecule has 128 valence electrons. The molecule has 25 heavy (non-hydrogen) atoms. The largest absolute Gasteiger partial charge is 0.497 e. The van der Waals surface area contributed by atoms with Crippen LogP contribution in [0.2, 0.25) is 0 Å². The predicted molar refractivity (Wildman–Crippen MR) is 93.2 cm³/mol. The first-order valence-corrected chi connectivity index (χ1v) is 8.05. The van der Waals surface area contributed by atoms with Gasteiger partial charge in [0.1, 0.15) is 12.4 Å². The molecule has 0 spiro atoms. The summed E-state index contributed by atoms with van der Waals surface area (Å²) in [4.78, 5) is 8.12. The molecule has 0 radical (unpaired) electrons. The monoisotopic (exact) mass is 338 g/mol. The normalized spacial score (nSPS) is 10.5. The highest BCUT2D eigenvalue weighted by atomic mass is 19.1. The van der Waals surface area contributed by atoms with E-state index in [2.05, 4.69) is 9.97 Å². The van der Waals surface area contributed by atoms with Gasteiger partial charge >= 0.3 is 6.01 Å². The summed E-state index contributed by atoms with van der Waals surface area (Å²) in [7, 11) is 1.61. The second kappa shape index (κ2) is 8.24. The van der Waals surface area contributed by atoms with Crippen molar-refractivity contribution < 1.29 is 13.9 Å². The minimum absolute atomic E-state index is 0.173. The first kappa shape index (κ1) is 16.9. The first-order valence-electron chi connectivity index (χ1n) is 8.05. The van der Waals surface area contributed by atoms with Gasteiger partial charge in [0, 0.05) is 0 Å². The molecule has 0 aliphatic rings. The maximum absolute atomic E-state index is 13.9. The summed E-state index contributed by atoms with van der Waals surface area (Å²) < 4.78 is 24.7. The van der Waals surface area contributed by atoms with Crippen molar-refractivity contribution in [3.8, 4) is 11.8 Å². The van der Waals surface area contributed by atoms with E-state index in [0.29, 0.717) is 25.1 Å². The van der Waals surface area contributed by atoms with Crippen molar-refractivity contribution >= 4 is 0 Å². The summed E-state index contributed by atoms with van der Waals surface area (Å²) in [5.41, 5.74) is 2.43. The molecule has 3 rings (SSSR count). The molecule has 0 N–H and O–H groups in total. The Morgan fingerprint density at radius 3 is 2.56 bits per heavy atom. The van der Waals surface area contributed by atoms with E-state index in [0.717, 1.165) is 23.1 Å². The van der Waals surface area contributed by atoms with E-state index < -0.39 is 5.82 Å². The zero-order valence-electron chi connectivity index (χ0n) is 14.0. The van der Waals surface area contributed by atoms with Gasteiger partial charge in [0.2, 0.25) is 0 Å². The number of aryl methyl sites for hydroxylation is 2. The predicted octanol–water partition coefficient (Wildman–Crippen LogP) is 3.99. The molecule has 1 heterocycles. The van der Waals surface area contributed by atoms with Crippen LogP contribution in [-0.4, -0.2) is 17.1 Å². The third-order valence-corrected chi connectivity index (χ3v) is 3.79. The van der Waals surface area contributed by atoms with Crippen LogP contribution < -0.4 is 9.47 Å². The highest BCUT2D eigenvalue weighted by molar-refractivity contribution is 5.28. The number of benzene rings is 2. The average molecular weight is 338 g/mol. The van der Waals surface area contributed by atoms with Gasteiger partial charge in [-0.3, -0.25) is 0 Å². The van der Waals surface area contributed by atoms with Gasteiger partial charge in [0.15, 0.2) is 5.82 Å². The Kier molecular flexibility index (Phi) is 5.57. The first-order chi connectivity index (χ1) is 12.2. The van der Waals surface area contributed by atoms with Crippen LogP contribution in [-0.2, 0) is 19.4 Å². The van der Waals surface area contributed by atoms with Crippen LogP contribution in [0.15, 0.2) is 60.8 Å². The van der Waals surface area contributed by atoms with Crippen LogP contribution in [0.25, 0.3) is 0 Å². The van der Waals surface area contributed by atoms with E-state index in [1.54, 1.807) is 7.11 Å². The number of nitrogens with zero attached hydrogens (tertiary/aromatic N) is 2. The second-order valence-corrected chi connectivity index (χ2v) is 5.57. The topological polar surface area (TPSA) is 44.2 Å². The molecule has 0 atom stereocenters. The van der Waals surface area contributed by atoms with Crippen molar-refractivity contribution in [3.05, 3.63) is 83.4 Å². The number of aromatic nitrogens is 2. The quantitative estimate of drug-likeness (QED) is 0.653. The summed E-state index contributed by atoms with van der Waals surface area (Å²) in [6, 6.07) is 17.6. The van der Waals surface area contributed by atoms with Crippen LogP contribution in [0.5, 0.6) is 11.8 Å². The standard InChI is InChI=1S/C20H19FN2O2/c1-24-17-9-5-8-16(12-17)14-25-20-22-13-18(21)19(23-20)11-10-15-6-3-2-4-7-15/h2-9,12-13H,10-11,14H2,1H3. The lowest BCUT2D eigenvalue weighted by Gasteiger charge is -2.08. The fourth-order valence-corrected chi connectivity index (χ4v) is 2.45. The fourth-order valence-electron chi connectivity index (χ4n) is 2.45. The SMILES string of the molecule is COc1cccc(COc2ncc(F)c(CCc3ccccc3)n2)c1. The molecule has 2 aromatic carbocycles. The van der Waals surface area contributed by atoms with E-state index >= 15 is 0 Å². The minimum Gasteiger partial charge on any atom is -0.497 e. The molecule has 0 aliphatic carbocycles. The number of methoxy groups -OCH3 is 1. The number of hydrogen-bond acceptors (Lipinski definition) is 4. The Bertz CT molecular complexity index is 825. The average Bonchev–Trinajstić information content (AvgIpc) is 2.67. The second-order valence-electron chi connectivity index (χ2n) is 5.57. The molecule has 3 aromatic rings. The van der Waals surface area contributed by atoms with Crippen molar-refractivity contribution in [3.63, 3.8) is 0 Å². The number of halogens is 1. The molecular formula is C20H19FN2O2. The zero-order valence-corrected chi connectivity index (χ0v) is 14.0. The number of ether oxygens (including phenoxy) is 2. The molecule has 0 saturated carbocycles. The van der Waals surface area contributed by atoms with Crippen molar-refractivity contribution in [2.24, 2.45) is 0 Å². The van der Waals surface area contributed by atoms with E-state index in [1.807, 2.05) is 54.6 Å². The number of hydrogen-bond donors (Lipinski definition) is 0. The molecule has 0 unspecified atom stereocenters. The van der Waals surface area contributed by atoms with Crippen molar-refractivity contribution in [2.75, 3.05) is 7.11 Å². The highest BCUT2D eigenvalue weighted by Crippen LogP contribution is 2.16. The van der Waals surface area contributed by atoms with Crippen LogP contribution in [0, 0.1) is 5.82 Å². The summed E-state index contributed by atoms with van der Waals surface area (Å²) in [6.07, 6.45) is 2.37. The maximum atomic E-state index is 13.9. The summed E-state index contributed by atoms with van der Waals surface area (Å²) in [5.74, 6) is 0.342. The third kappa shape index (κ3) is 4.76. The van der Waals surface area contributed by atoms with Crippen LogP contribution in [0.1, 0.15) is 16.8 Å². The van der Waals surface area contributed by atoms with Crippen molar-refractivity contribution in [2.45, 2.75) is 19.4 Å². The highest BCUT2D eigenvalue weighted by Gasteiger charge is 2.09. The van der Waals surface area contributed by atoms with Crippen molar-refractivity contribution in [1.82, 2.24) is 9.97 Å². The molecule has 4 nitrogen and oxygen atoms in total. The molecule has 0 saturated heterocycles. The summed E-state index contributed by atoms with van der Waals surface area (Å²) >= 11 is 0. The van der Waals surface area contributed by atoms with E-state index in [-0.39, 0.29) is 6.01 Å². The molecular weight excluding hydrogens is 319 g/mol. The molecule has 0 fully saturated rings. The van der Waals surface area contributed by atoms with Gasteiger partial charge in [-0.15, -0.1) is 0 Å². The maximum Gasteiger partial charge on any atom is 0.317 e. The minimum atomic E-state index is -0.412. The Labute approximate surface area is 146 Å². The smallest absolute Gasteiger partial charge is 0.317 e. The van der Waals surface area contributed by atoms with E-state index in [9.17, 15) is 4.39 Å². The zero-order chi connectivity index (χ0) is 17.5. The summed E-state index contributed by atoms with van der Waals surface area (Å²) in [6.45, 7) is 0.293. The van der Waals surface area contributed by atoms with Gasteiger partial charge in [-0.2, -0.15) is 4.98 Å². The van der Waals surface area contributed by atoms with Gasteiger partial charge < -0.3 is 9.47 Å². The van der Waals surface area contributed by atoms with Crippen molar-refractivity contribution in [1.29, 1.82) is 0 Å². The molecule has 0 aliphatic heterocycles. The Hall–Kier alpha value is -2.95. The van der Waals surface area contributed by atoms with Gasteiger partial charge in [-0.25, -0.2) is 9.37 Å². The van der Waals surface area contributed by atoms with Crippen LogP contribution in [0.4, 0.5) is 4.39 Å². The van der Waals surface area contributed by atoms with Crippen LogP contribution in [0.3, 0.4) is 0 Å². The van der Waals surface area contributed by atoms with Gasteiger partial charge in [0.05, 0.1) is 19.0 Å². The molecule has 1 aromatic heterocycles. The lowest BCUT2D eigenvalue weighted by molar-refractivity contribution is 0.277. The molecule has 0 bridgehead atoms. The lowest BCUT2D eigenvalue weighted by Crippen LogP contribution is -2.05. The molecule has 0 amide bonds. The van der Waals surface area contributed by atoms with Gasteiger partial charge in [0.25, 0.3) is 0 Å². The van der Waals surface area contributed by atoms with E-state index in [4.69, 9.17) is 9.47 Å². The van der Waals surface area contributed by atoms with E-state index in [1.165, 1.54) is 0 Å². The van der Waals surface area contributed by atoms with Crippen LogP contribution >= 0.6 is 0 Å². The lowest BCUT2D eigenvalue weighted by atomic mass is 10.1. The Balaban J connectivity index is 1.64. The Morgan fingerprint density at radius 2 is 1.76 bits per heavy atom. The summed E-state index contributed by atoms with van der Waals surface area (Å²) in [5, 5.41) is 0. The third-order valence-electron chi connectivity index (χ3n) is 3.79. The van der Waals surface area contributed by atoms with Gasteiger partial charge in [-0.1, -0.05) is 42.5 Å². The Morgan fingerprint density at radius 1 is 0.960 bits per heavy atom. The number of rotatable bonds is 7. The molecule has 5 heteroatoms. The van der Waals surface area contributed by atoms with Gasteiger partial charge in [-0.05, 0) is 36.1 Å². The fraction of sp³-hybridized carbons (Fsp3) is 0.200.